The number of halogens is 1. The van der Waals surface area contributed by atoms with E-state index in [0.717, 1.165) is 4.57 Å². The maximum absolute atomic E-state index is 14.0. The normalized spacial score (nSPS) is 14.0. The summed E-state index contributed by atoms with van der Waals surface area (Å²) in [5.74, 6) is -0.0668. The molecule has 1 aliphatic carbocycles. The molecule has 0 saturated heterocycles. The molecule has 0 spiro atoms. The Balaban J connectivity index is 0.000000501. The molecule has 242 valence electrons. The molecule has 45 heavy (non-hydrogen) atoms. The van der Waals surface area contributed by atoms with E-state index in [0.29, 0.717) is 63.6 Å². The number of aliphatic hydroxyl groups excluding tert-OH is 1. The standard InChI is InChI=1S/C26H30FN5O4S.C6H10O2/c1-15(2)29-24(34)26(4,5)32-21(33)20-16(3)22(31-12-7-11-28-31)37-23(20)30(25(32)35)13-10-17-14-18(27)8-9-19(17)36-6;7-5-1-2-6(8)4-3-5/h7-9,11-12,14-15H,10,13H2,1-6H3,(H,29,34);5,7H,1-4H2. The van der Waals surface area contributed by atoms with Crippen molar-refractivity contribution in [3.8, 4) is 10.8 Å². The number of thiophene rings is 1. The number of aliphatic hydroxyl groups is 1. The molecule has 1 saturated carbocycles. The average molecular weight is 642 g/mol. The van der Waals surface area contributed by atoms with Gasteiger partial charge in [0.1, 0.15) is 32.7 Å². The van der Waals surface area contributed by atoms with Gasteiger partial charge in [0.2, 0.25) is 5.91 Å². The molecule has 0 atom stereocenters. The van der Waals surface area contributed by atoms with Crippen molar-refractivity contribution in [3.05, 3.63) is 74.4 Å². The van der Waals surface area contributed by atoms with E-state index in [1.165, 1.54) is 41.2 Å². The van der Waals surface area contributed by atoms with Crippen molar-refractivity contribution in [2.75, 3.05) is 7.11 Å². The molecule has 4 aromatic rings. The molecule has 1 aromatic carbocycles. The van der Waals surface area contributed by atoms with Gasteiger partial charge in [0, 0.05) is 43.4 Å². The van der Waals surface area contributed by atoms with Crippen molar-refractivity contribution >= 4 is 33.2 Å². The van der Waals surface area contributed by atoms with Gasteiger partial charge >= 0.3 is 5.69 Å². The largest absolute Gasteiger partial charge is 0.496 e. The van der Waals surface area contributed by atoms with E-state index in [4.69, 9.17) is 9.84 Å². The lowest BCUT2D eigenvalue weighted by Gasteiger charge is -2.27. The Labute approximate surface area is 264 Å². The van der Waals surface area contributed by atoms with E-state index < -0.39 is 28.5 Å². The summed E-state index contributed by atoms with van der Waals surface area (Å²) in [4.78, 5) is 51.8. The van der Waals surface area contributed by atoms with Crippen LogP contribution in [0.25, 0.3) is 15.2 Å². The summed E-state index contributed by atoms with van der Waals surface area (Å²) >= 11 is 1.27. The van der Waals surface area contributed by atoms with Gasteiger partial charge in [-0.05, 0) is 83.7 Å². The summed E-state index contributed by atoms with van der Waals surface area (Å²) in [5.41, 5.74) is -1.40. The van der Waals surface area contributed by atoms with Crippen molar-refractivity contribution in [2.45, 2.75) is 91.0 Å². The van der Waals surface area contributed by atoms with Crippen LogP contribution in [-0.4, -0.2) is 55.0 Å². The van der Waals surface area contributed by atoms with E-state index >= 15 is 0 Å². The van der Waals surface area contributed by atoms with Crippen LogP contribution >= 0.6 is 11.3 Å². The molecule has 13 heteroatoms. The lowest BCUT2D eigenvalue weighted by molar-refractivity contribution is -0.129. The monoisotopic (exact) mass is 641 g/mol. The van der Waals surface area contributed by atoms with E-state index in [9.17, 15) is 23.6 Å². The number of carbonyl (C=O) groups excluding carboxylic acids is 2. The van der Waals surface area contributed by atoms with Crippen LogP contribution in [0.15, 0.2) is 46.2 Å². The average Bonchev–Trinajstić information content (AvgIpc) is 3.63. The van der Waals surface area contributed by atoms with Gasteiger partial charge in [-0.1, -0.05) is 11.3 Å². The van der Waals surface area contributed by atoms with Crippen LogP contribution in [0.5, 0.6) is 5.75 Å². The molecule has 1 amide bonds. The Morgan fingerprint density at radius 3 is 2.49 bits per heavy atom. The number of nitrogens with zero attached hydrogens (tertiary/aromatic N) is 4. The second-order valence-corrected chi connectivity index (χ2v) is 12.9. The van der Waals surface area contributed by atoms with Crippen molar-refractivity contribution in [1.29, 1.82) is 0 Å². The molecule has 0 aliphatic heterocycles. The van der Waals surface area contributed by atoms with Crippen molar-refractivity contribution in [3.63, 3.8) is 0 Å². The molecular formula is C32H40FN5O6S. The van der Waals surface area contributed by atoms with Gasteiger partial charge in [-0.2, -0.15) is 5.10 Å². The third-order valence-corrected chi connectivity index (χ3v) is 9.10. The molecular weight excluding hydrogens is 601 g/mol. The highest BCUT2D eigenvalue weighted by Gasteiger charge is 2.35. The Morgan fingerprint density at radius 2 is 1.91 bits per heavy atom. The van der Waals surface area contributed by atoms with Crippen LogP contribution < -0.4 is 21.3 Å². The Morgan fingerprint density at radius 1 is 1.22 bits per heavy atom. The quantitative estimate of drug-likeness (QED) is 0.298. The van der Waals surface area contributed by atoms with E-state index in [-0.39, 0.29) is 25.1 Å². The number of Topliss-reactive ketones (excluding diaryl/α,β-unsaturated/α-hetero) is 1. The summed E-state index contributed by atoms with van der Waals surface area (Å²) in [5, 5.41) is 17.0. The number of nitrogens with one attached hydrogen (secondary N) is 1. The highest BCUT2D eigenvalue weighted by molar-refractivity contribution is 7.21. The molecule has 5 rings (SSSR count). The summed E-state index contributed by atoms with van der Waals surface area (Å²) < 4.78 is 23.5. The molecule has 2 N–H and O–H groups in total. The van der Waals surface area contributed by atoms with Crippen LogP contribution in [0, 0.1) is 12.7 Å². The van der Waals surface area contributed by atoms with E-state index in [1.54, 1.807) is 43.9 Å². The fourth-order valence-electron chi connectivity index (χ4n) is 5.27. The third-order valence-electron chi connectivity index (χ3n) is 7.79. The Kier molecular flexibility index (Phi) is 10.4. The second kappa shape index (κ2) is 13.9. The SMILES string of the molecule is COc1ccc(F)cc1CCn1c(=O)n(C(C)(C)C(=O)NC(C)C)c(=O)c2c(C)c(-n3cccn3)sc21.O=C1CCC(O)CC1. The highest BCUT2D eigenvalue weighted by atomic mass is 32.1. The van der Waals surface area contributed by atoms with E-state index in [1.807, 2.05) is 13.8 Å². The van der Waals surface area contributed by atoms with Crippen LogP contribution in [-0.2, 0) is 28.1 Å². The summed E-state index contributed by atoms with van der Waals surface area (Å²) in [6.07, 6.45) is 5.98. The smallest absolute Gasteiger partial charge is 0.333 e. The number of hydrogen-bond donors (Lipinski definition) is 2. The zero-order chi connectivity index (χ0) is 33.1. The Bertz CT molecular complexity index is 1800. The fourth-order valence-corrected chi connectivity index (χ4v) is 6.53. The zero-order valence-corrected chi connectivity index (χ0v) is 27.2. The predicted molar refractivity (Wildman–Crippen MR) is 171 cm³/mol. The van der Waals surface area contributed by atoms with Crippen LogP contribution in [0.4, 0.5) is 4.39 Å². The number of hydrogen-bond acceptors (Lipinski definition) is 8. The summed E-state index contributed by atoms with van der Waals surface area (Å²) in [7, 11) is 1.50. The molecule has 0 bridgehead atoms. The number of rotatable bonds is 8. The minimum atomic E-state index is -1.47. The van der Waals surface area contributed by atoms with Gasteiger partial charge < -0.3 is 15.2 Å². The first-order valence-electron chi connectivity index (χ1n) is 14.9. The zero-order valence-electron chi connectivity index (χ0n) is 26.4. The first kappa shape index (κ1) is 33.8. The number of amides is 1. The van der Waals surface area contributed by atoms with Crippen LogP contribution in [0.2, 0.25) is 0 Å². The first-order valence-corrected chi connectivity index (χ1v) is 15.7. The number of methoxy groups -OCH3 is 1. The number of carbonyl (C=O) groups is 2. The van der Waals surface area contributed by atoms with Gasteiger partial charge in [-0.15, -0.1) is 0 Å². The predicted octanol–water partition coefficient (Wildman–Crippen LogP) is 3.86. The number of ether oxygens (including phenoxy) is 1. The number of ketones is 1. The van der Waals surface area contributed by atoms with Gasteiger partial charge in [0.05, 0.1) is 18.6 Å². The second-order valence-electron chi connectivity index (χ2n) is 11.9. The lowest BCUT2D eigenvalue weighted by Crippen LogP contribution is -2.56. The summed E-state index contributed by atoms with van der Waals surface area (Å²) in [6, 6.07) is 5.80. The lowest BCUT2D eigenvalue weighted by atomic mass is 9.97. The number of benzene rings is 1. The van der Waals surface area contributed by atoms with Crippen molar-refractivity contribution < 1.29 is 23.8 Å². The topological polar surface area (TPSA) is 137 Å². The van der Waals surface area contributed by atoms with Crippen LogP contribution in [0.3, 0.4) is 0 Å². The fraction of sp³-hybridized carbons (Fsp3) is 0.469. The Hall–Kier alpha value is -4.10. The van der Waals surface area contributed by atoms with Gasteiger partial charge in [0.25, 0.3) is 5.56 Å². The minimum Gasteiger partial charge on any atom is -0.496 e. The number of fused-ring (bicyclic) bond motifs is 1. The van der Waals surface area contributed by atoms with Gasteiger partial charge in [0.15, 0.2) is 0 Å². The maximum atomic E-state index is 14.0. The third kappa shape index (κ3) is 7.25. The highest BCUT2D eigenvalue weighted by Crippen LogP contribution is 2.32. The number of aromatic nitrogens is 4. The van der Waals surface area contributed by atoms with E-state index in [2.05, 4.69) is 10.4 Å². The minimum absolute atomic E-state index is 0.135. The van der Waals surface area contributed by atoms with Gasteiger partial charge in [-0.3, -0.25) is 19.0 Å². The molecule has 1 aliphatic rings. The molecule has 3 heterocycles. The van der Waals surface area contributed by atoms with Crippen molar-refractivity contribution in [1.82, 2.24) is 24.2 Å². The molecule has 0 radical (unpaired) electrons. The van der Waals surface area contributed by atoms with Crippen LogP contribution in [0.1, 0.15) is 64.5 Å². The number of aryl methyl sites for hydroxylation is 3. The molecule has 3 aromatic heterocycles. The van der Waals surface area contributed by atoms with Crippen molar-refractivity contribution in [2.24, 2.45) is 0 Å². The first-order chi connectivity index (χ1) is 21.3. The maximum Gasteiger partial charge on any atom is 0.333 e. The molecule has 11 nitrogen and oxygen atoms in total. The molecule has 1 fully saturated rings. The van der Waals surface area contributed by atoms with Gasteiger partial charge in [-0.25, -0.2) is 18.4 Å². The summed E-state index contributed by atoms with van der Waals surface area (Å²) in [6.45, 7) is 8.65. The molecule has 0 unspecified atom stereocenters.